The Morgan fingerprint density at radius 2 is 2.45 bits per heavy atom. The molecule has 1 amide bonds. The highest BCUT2D eigenvalue weighted by Gasteiger charge is 2.07. The molecule has 0 aliphatic carbocycles. The average Bonchev–Trinajstić information content (AvgIpc) is 1.97. The number of carboxylic acid groups (broad SMARTS) is 1. The molecular weight excluding hydrogens is 182 g/mol. The molecule has 0 fully saturated rings. The van der Waals surface area contributed by atoms with Gasteiger partial charge in [0.15, 0.2) is 0 Å². The highest BCUT2D eigenvalue weighted by Crippen LogP contribution is 2.01. The standard InChI is InChI=1S/C6H13NO2S2/c1-11-3-2-5(4-10)7-6(8)9/h5,7,10H,2-4H2,1H3,(H,8,9). The van der Waals surface area contributed by atoms with Crippen molar-refractivity contribution in [3.63, 3.8) is 0 Å². The van der Waals surface area contributed by atoms with Crippen molar-refractivity contribution >= 4 is 30.5 Å². The normalized spacial score (nSPS) is 12.5. The van der Waals surface area contributed by atoms with Gasteiger partial charge < -0.3 is 10.4 Å². The van der Waals surface area contributed by atoms with Crippen LogP contribution in [0.15, 0.2) is 0 Å². The second-order valence-corrected chi connectivity index (χ2v) is 3.46. The number of thiol groups is 1. The van der Waals surface area contributed by atoms with E-state index in [4.69, 9.17) is 5.11 Å². The Morgan fingerprint density at radius 3 is 2.82 bits per heavy atom. The smallest absolute Gasteiger partial charge is 0.404 e. The van der Waals surface area contributed by atoms with Crippen molar-refractivity contribution < 1.29 is 9.90 Å². The number of rotatable bonds is 5. The first-order chi connectivity index (χ1) is 5.20. The van der Waals surface area contributed by atoms with E-state index in [9.17, 15) is 4.79 Å². The summed E-state index contributed by atoms with van der Waals surface area (Å²) in [6, 6.07) is -0.0108. The molecule has 0 bridgehead atoms. The van der Waals surface area contributed by atoms with Crippen LogP contribution in [0.25, 0.3) is 0 Å². The molecule has 0 aliphatic rings. The first-order valence-electron chi connectivity index (χ1n) is 3.30. The number of nitrogens with one attached hydrogen (secondary N) is 1. The van der Waals surface area contributed by atoms with Crippen LogP contribution in [0.4, 0.5) is 4.79 Å². The van der Waals surface area contributed by atoms with Crippen molar-refractivity contribution in [2.24, 2.45) is 0 Å². The molecule has 11 heavy (non-hydrogen) atoms. The molecule has 0 rings (SSSR count). The van der Waals surface area contributed by atoms with E-state index in [1.165, 1.54) is 0 Å². The van der Waals surface area contributed by atoms with Gasteiger partial charge in [0, 0.05) is 11.8 Å². The van der Waals surface area contributed by atoms with Crippen LogP contribution in [0.5, 0.6) is 0 Å². The number of hydrogen-bond acceptors (Lipinski definition) is 3. The van der Waals surface area contributed by atoms with Gasteiger partial charge >= 0.3 is 6.09 Å². The van der Waals surface area contributed by atoms with E-state index < -0.39 is 6.09 Å². The predicted molar refractivity (Wildman–Crippen MR) is 51.8 cm³/mol. The van der Waals surface area contributed by atoms with Gasteiger partial charge in [0.05, 0.1) is 0 Å². The molecule has 0 aromatic carbocycles. The van der Waals surface area contributed by atoms with Gasteiger partial charge in [-0.15, -0.1) is 0 Å². The lowest BCUT2D eigenvalue weighted by molar-refractivity contribution is 0.191. The summed E-state index contributed by atoms with van der Waals surface area (Å²) < 4.78 is 0. The Hall–Kier alpha value is -0.0300. The first-order valence-corrected chi connectivity index (χ1v) is 5.32. The Balaban J connectivity index is 3.49. The van der Waals surface area contributed by atoms with Crippen LogP contribution in [0, 0.1) is 0 Å². The lowest BCUT2D eigenvalue weighted by Gasteiger charge is -2.12. The minimum absolute atomic E-state index is 0.0108. The summed E-state index contributed by atoms with van der Waals surface area (Å²) in [5.74, 6) is 1.53. The zero-order valence-corrected chi connectivity index (χ0v) is 8.12. The summed E-state index contributed by atoms with van der Waals surface area (Å²) in [7, 11) is 0. The Morgan fingerprint density at radius 1 is 1.82 bits per heavy atom. The van der Waals surface area contributed by atoms with Crippen LogP contribution < -0.4 is 5.32 Å². The molecule has 0 saturated carbocycles. The zero-order chi connectivity index (χ0) is 8.69. The van der Waals surface area contributed by atoms with Gasteiger partial charge in [0.1, 0.15) is 0 Å². The molecule has 3 nitrogen and oxygen atoms in total. The van der Waals surface area contributed by atoms with Crippen molar-refractivity contribution in [2.75, 3.05) is 17.8 Å². The van der Waals surface area contributed by atoms with Crippen LogP contribution in [0.3, 0.4) is 0 Å². The second kappa shape index (κ2) is 6.67. The average molecular weight is 195 g/mol. The maximum Gasteiger partial charge on any atom is 0.404 e. The van der Waals surface area contributed by atoms with Gasteiger partial charge in [0.25, 0.3) is 0 Å². The van der Waals surface area contributed by atoms with Crippen LogP contribution >= 0.6 is 24.4 Å². The fourth-order valence-corrected chi connectivity index (χ4v) is 1.44. The zero-order valence-electron chi connectivity index (χ0n) is 6.41. The molecule has 0 radical (unpaired) electrons. The molecule has 66 valence electrons. The van der Waals surface area contributed by atoms with E-state index in [1.807, 2.05) is 6.26 Å². The predicted octanol–water partition coefficient (Wildman–Crippen LogP) is 1.31. The Bertz CT molecular complexity index is 121. The molecule has 1 unspecified atom stereocenters. The summed E-state index contributed by atoms with van der Waals surface area (Å²) in [5, 5.41) is 10.8. The molecule has 2 N–H and O–H groups in total. The van der Waals surface area contributed by atoms with E-state index in [1.54, 1.807) is 11.8 Å². The Labute approximate surface area is 76.3 Å². The lowest BCUT2D eigenvalue weighted by Crippen LogP contribution is -2.35. The highest BCUT2D eigenvalue weighted by molar-refractivity contribution is 7.98. The maximum absolute atomic E-state index is 10.2. The minimum atomic E-state index is -0.967. The third-order valence-electron chi connectivity index (χ3n) is 1.22. The van der Waals surface area contributed by atoms with Crippen molar-refractivity contribution in [3.8, 4) is 0 Å². The molecular formula is C6H13NO2S2. The van der Waals surface area contributed by atoms with Crippen molar-refractivity contribution in [2.45, 2.75) is 12.5 Å². The lowest BCUT2D eigenvalue weighted by atomic mass is 10.3. The van der Waals surface area contributed by atoms with Gasteiger partial charge in [-0.05, 0) is 18.4 Å². The van der Waals surface area contributed by atoms with E-state index >= 15 is 0 Å². The van der Waals surface area contributed by atoms with E-state index in [0.29, 0.717) is 5.75 Å². The van der Waals surface area contributed by atoms with E-state index in [0.717, 1.165) is 12.2 Å². The second-order valence-electron chi connectivity index (χ2n) is 2.11. The molecule has 5 heteroatoms. The summed E-state index contributed by atoms with van der Waals surface area (Å²) >= 11 is 5.73. The fraction of sp³-hybridized carbons (Fsp3) is 0.833. The van der Waals surface area contributed by atoms with Crippen LogP contribution in [0.1, 0.15) is 6.42 Å². The summed E-state index contributed by atoms with van der Waals surface area (Å²) in [4.78, 5) is 10.2. The molecule has 0 spiro atoms. The molecule has 0 saturated heterocycles. The van der Waals surface area contributed by atoms with Gasteiger partial charge in [-0.1, -0.05) is 0 Å². The quantitative estimate of drug-likeness (QED) is 0.580. The highest BCUT2D eigenvalue weighted by atomic mass is 32.2. The largest absolute Gasteiger partial charge is 0.465 e. The van der Waals surface area contributed by atoms with Crippen molar-refractivity contribution in [3.05, 3.63) is 0 Å². The third-order valence-corrected chi connectivity index (χ3v) is 2.30. The van der Waals surface area contributed by atoms with Gasteiger partial charge in [-0.3, -0.25) is 0 Å². The number of thioether (sulfide) groups is 1. The van der Waals surface area contributed by atoms with E-state index in [2.05, 4.69) is 17.9 Å². The van der Waals surface area contributed by atoms with E-state index in [-0.39, 0.29) is 6.04 Å². The molecule has 0 heterocycles. The van der Waals surface area contributed by atoms with Crippen molar-refractivity contribution in [1.82, 2.24) is 5.32 Å². The third kappa shape index (κ3) is 6.37. The van der Waals surface area contributed by atoms with Crippen LogP contribution in [-0.2, 0) is 0 Å². The summed E-state index contributed by atoms with van der Waals surface area (Å²) in [5.41, 5.74) is 0. The van der Waals surface area contributed by atoms with Gasteiger partial charge in [0.2, 0.25) is 0 Å². The van der Waals surface area contributed by atoms with Crippen LogP contribution in [0.2, 0.25) is 0 Å². The first kappa shape index (κ1) is 11.0. The number of amides is 1. The molecule has 0 aromatic heterocycles. The van der Waals surface area contributed by atoms with Crippen LogP contribution in [-0.4, -0.2) is 35.0 Å². The number of hydrogen-bond donors (Lipinski definition) is 3. The Kier molecular flexibility index (Phi) is 6.65. The fourth-order valence-electron chi connectivity index (χ4n) is 0.644. The monoisotopic (exact) mass is 195 g/mol. The topological polar surface area (TPSA) is 49.3 Å². The van der Waals surface area contributed by atoms with Gasteiger partial charge in [-0.25, -0.2) is 4.79 Å². The van der Waals surface area contributed by atoms with Crippen molar-refractivity contribution in [1.29, 1.82) is 0 Å². The molecule has 1 atom stereocenters. The summed E-state index contributed by atoms with van der Waals surface area (Å²) in [6.45, 7) is 0. The SMILES string of the molecule is CSCCC(CS)NC(=O)O. The molecule has 0 aromatic rings. The minimum Gasteiger partial charge on any atom is -0.465 e. The summed E-state index contributed by atoms with van der Waals surface area (Å²) in [6.07, 6.45) is 1.87. The number of carbonyl (C=O) groups is 1. The molecule has 0 aliphatic heterocycles. The van der Waals surface area contributed by atoms with Gasteiger partial charge in [-0.2, -0.15) is 24.4 Å². The maximum atomic E-state index is 10.2.